The normalized spacial score (nSPS) is 14.8. The second-order valence-electron chi connectivity index (χ2n) is 10.9. The maximum Gasteiger partial charge on any atom is 0.143 e. The zero-order chi connectivity index (χ0) is 40.0. The Labute approximate surface area is 282 Å². The summed E-state index contributed by atoms with van der Waals surface area (Å²) in [5.74, 6) is 0. The Bertz CT molecular complexity index is 3120. The first kappa shape index (κ1) is 17.4. The SMILES string of the molecule is [2H]c1c([2H])c(N(c2ccc(-c3cccc4ccccc34)cc2)c2cccc3ccccc23)c([2H])c([2H])c1-c1c([2H])c([2H])c([2H])c2c1oc1c([2H])c([2H])c([2H])c([2H])c12. The summed E-state index contributed by atoms with van der Waals surface area (Å²) in [6.07, 6.45) is 0. The maximum atomic E-state index is 9.52. The van der Waals surface area contributed by atoms with Crippen LogP contribution in [0.4, 0.5) is 17.1 Å². The second kappa shape index (κ2) is 10.8. The third-order valence-electron chi connectivity index (χ3n) is 8.26. The predicted octanol–water partition coefficient (Wildman–Crippen LogP) is 12.7. The quantitative estimate of drug-likeness (QED) is 0.196. The van der Waals surface area contributed by atoms with E-state index < -0.39 is 66.5 Å². The van der Waals surface area contributed by atoms with E-state index in [0.29, 0.717) is 11.4 Å². The molecule has 0 bridgehead atoms. The molecule has 0 amide bonds. The molecule has 0 aliphatic heterocycles. The number of furan rings is 1. The van der Waals surface area contributed by atoms with E-state index in [1.807, 2.05) is 91.0 Å². The van der Waals surface area contributed by atoms with Crippen LogP contribution in [0.3, 0.4) is 0 Å². The Balaban J connectivity index is 1.31. The Morgan fingerprint density at radius 3 is 1.93 bits per heavy atom. The molecule has 2 nitrogen and oxygen atoms in total. The summed E-state index contributed by atoms with van der Waals surface area (Å²) in [6, 6.07) is 29.2. The van der Waals surface area contributed by atoms with Crippen molar-refractivity contribution >= 4 is 60.5 Å². The van der Waals surface area contributed by atoms with Crippen molar-refractivity contribution in [3.8, 4) is 22.3 Å². The van der Waals surface area contributed by atoms with E-state index in [0.717, 1.165) is 32.7 Å². The number of hydrogen-bond donors (Lipinski definition) is 0. The molecule has 0 aliphatic rings. The molecule has 9 rings (SSSR count). The van der Waals surface area contributed by atoms with Gasteiger partial charge in [-0.2, -0.15) is 0 Å². The van der Waals surface area contributed by atoms with Gasteiger partial charge in [-0.25, -0.2) is 0 Å². The largest absolute Gasteiger partial charge is 0.455 e. The summed E-state index contributed by atoms with van der Waals surface area (Å²) in [7, 11) is 0. The molecule has 1 aromatic heterocycles. The summed E-state index contributed by atoms with van der Waals surface area (Å²) >= 11 is 0. The molecular weight excluding hydrogens is 558 g/mol. The van der Waals surface area contributed by atoms with Crippen LogP contribution in [-0.2, 0) is 0 Å². The van der Waals surface area contributed by atoms with Crippen molar-refractivity contribution in [1.82, 2.24) is 0 Å². The highest BCUT2D eigenvalue weighted by Gasteiger charge is 2.17. The summed E-state index contributed by atoms with van der Waals surface area (Å²) in [5.41, 5.74) is 1.74. The predicted molar refractivity (Wildman–Crippen MR) is 194 cm³/mol. The first-order valence-electron chi connectivity index (χ1n) is 20.3. The van der Waals surface area contributed by atoms with Crippen LogP contribution >= 0.6 is 0 Å². The molecule has 8 aromatic carbocycles. The van der Waals surface area contributed by atoms with Gasteiger partial charge in [0.2, 0.25) is 0 Å². The monoisotopic (exact) mass is 598 g/mol. The van der Waals surface area contributed by atoms with Gasteiger partial charge < -0.3 is 9.32 Å². The molecule has 0 saturated carbocycles. The molecule has 0 fully saturated rings. The average Bonchev–Trinajstić information content (AvgIpc) is 3.64. The van der Waals surface area contributed by atoms with Crippen LogP contribution in [0.5, 0.6) is 0 Å². The first-order valence-corrected chi connectivity index (χ1v) is 14.8. The number of nitrogens with zero attached hydrogens (tertiary/aromatic N) is 1. The molecule has 0 saturated heterocycles. The van der Waals surface area contributed by atoms with Crippen LogP contribution in [-0.4, -0.2) is 0 Å². The van der Waals surface area contributed by atoms with E-state index in [9.17, 15) is 5.48 Å². The van der Waals surface area contributed by atoms with E-state index in [2.05, 4.69) is 18.2 Å². The van der Waals surface area contributed by atoms with Gasteiger partial charge in [-0.3, -0.25) is 0 Å². The minimum Gasteiger partial charge on any atom is -0.455 e. The molecule has 0 aliphatic carbocycles. The molecule has 216 valence electrons. The second-order valence-corrected chi connectivity index (χ2v) is 10.9. The van der Waals surface area contributed by atoms with Crippen LogP contribution in [0, 0.1) is 0 Å². The number of rotatable bonds is 5. The molecule has 0 spiro atoms. The number of anilines is 3. The van der Waals surface area contributed by atoms with Crippen LogP contribution in [0.1, 0.15) is 15.1 Å². The summed E-state index contributed by atoms with van der Waals surface area (Å²) < 4.78 is 104. The van der Waals surface area contributed by atoms with Gasteiger partial charge in [-0.15, -0.1) is 0 Å². The Morgan fingerprint density at radius 2 is 1.11 bits per heavy atom. The fourth-order valence-electron chi connectivity index (χ4n) is 6.11. The van der Waals surface area contributed by atoms with Crippen molar-refractivity contribution in [2.45, 2.75) is 0 Å². The number of hydrogen-bond acceptors (Lipinski definition) is 2. The van der Waals surface area contributed by atoms with E-state index in [1.165, 1.54) is 0 Å². The number of benzene rings is 8. The standard InChI is InChI=1S/C44H29NO/c1-3-14-36-30(10-1)12-7-17-37(36)32-22-26-34(27-23-32)45(42-20-8-13-31-11-2-4-15-38(31)42)35-28-24-33(25-29-35)39-18-9-19-41-40-16-5-6-21-43(40)46-44(39)41/h1-29H/i5D,6D,9D,16D,18D,19D,21D,24D,25D,28D,29D. The number of fused-ring (bicyclic) bond motifs is 5. The van der Waals surface area contributed by atoms with Gasteiger partial charge in [-0.05, 0) is 69.2 Å². The molecule has 0 unspecified atom stereocenters. The van der Waals surface area contributed by atoms with Crippen molar-refractivity contribution in [3.05, 3.63) is 176 Å². The number of para-hydroxylation sites is 2. The van der Waals surface area contributed by atoms with Crippen molar-refractivity contribution in [3.63, 3.8) is 0 Å². The zero-order valence-electron chi connectivity index (χ0n) is 35.2. The summed E-state index contributed by atoms with van der Waals surface area (Å²) in [6.45, 7) is 0. The van der Waals surface area contributed by atoms with Gasteiger partial charge >= 0.3 is 0 Å². The molecule has 9 aromatic rings. The Morgan fingerprint density at radius 1 is 0.435 bits per heavy atom. The topological polar surface area (TPSA) is 16.4 Å². The van der Waals surface area contributed by atoms with Gasteiger partial charge in [0.05, 0.1) is 20.8 Å². The highest BCUT2D eigenvalue weighted by atomic mass is 16.3. The summed E-state index contributed by atoms with van der Waals surface area (Å²) in [4.78, 5) is 1.69. The lowest BCUT2D eigenvalue weighted by atomic mass is 9.98. The van der Waals surface area contributed by atoms with E-state index in [4.69, 9.17) is 14.0 Å². The molecular formula is C44H29NO. The molecule has 1 heterocycles. The minimum absolute atomic E-state index is 0.0711. The molecule has 0 radical (unpaired) electrons. The van der Waals surface area contributed by atoms with Gasteiger partial charge in [0.15, 0.2) is 0 Å². The third kappa shape index (κ3) is 4.35. The van der Waals surface area contributed by atoms with E-state index >= 15 is 0 Å². The lowest BCUT2D eigenvalue weighted by Crippen LogP contribution is -2.10. The Kier molecular flexibility index (Phi) is 4.08. The fraction of sp³-hybridized carbons (Fsp3) is 0. The van der Waals surface area contributed by atoms with Crippen LogP contribution < -0.4 is 4.90 Å². The van der Waals surface area contributed by atoms with Crippen molar-refractivity contribution in [2.24, 2.45) is 0 Å². The molecule has 2 heteroatoms. The highest BCUT2D eigenvalue weighted by Crippen LogP contribution is 2.42. The maximum absolute atomic E-state index is 9.52. The lowest BCUT2D eigenvalue weighted by molar-refractivity contribution is 0.670. The van der Waals surface area contributed by atoms with Gasteiger partial charge in [0.25, 0.3) is 0 Å². The fourth-order valence-corrected chi connectivity index (χ4v) is 6.11. The smallest absolute Gasteiger partial charge is 0.143 e. The van der Waals surface area contributed by atoms with Gasteiger partial charge in [-0.1, -0.05) is 139 Å². The zero-order valence-corrected chi connectivity index (χ0v) is 24.2. The van der Waals surface area contributed by atoms with Gasteiger partial charge in [0, 0.05) is 33.1 Å². The van der Waals surface area contributed by atoms with Crippen LogP contribution in [0.2, 0.25) is 0 Å². The molecule has 0 N–H and O–H groups in total. The molecule has 0 atom stereocenters. The Hall–Kier alpha value is -6.12. The van der Waals surface area contributed by atoms with Crippen molar-refractivity contribution in [2.75, 3.05) is 4.90 Å². The first-order chi connectivity index (χ1) is 27.4. The van der Waals surface area contributed by atoms with Crippen LogP contribution in [0.15, 0.2) is 180 Å². The van der Waals surface area contributed by atoms with Gasteiger partial charge in [0.1, 0.15) is 11.2 Å². The van der Waals surface area contributed by atoms with Crippen molar-refractivity contribution < 1.29 is 19.5 Å². The summed E-state index contributed by atoms with van der Waals surface area (Å²) in [5, 5.41) is 3.50. The third-order valence-corrected chi connectivity index (χ3v) is 8.26. The van der Waals surface area contributed by atoms with E-state index in [1.54, 1.807) is 4.90 Å². The lowest BCUT2D eigenvalue weighted by Gasteiger charge is -2.27. The van der Waals surface area contributed by atoms with Crippen LogP contribution in [0.25, 0.3) is 65.7 Å². The van der Waals surface area contributed by atoms with E-state index in [-0.39, 0.29) is 38.8 Å². The highest BCUT2D eigenvalue weighted by molar-refractivity contribution is 6.09. The average molecular weight is 599 g/mol. The van der Waals surface area contributed by atoms with Crippen molar-refractivity contribution in [1.29, 1.82) is 0 Å². The molecule has 46 heavy (non-hydrogen) atoms. The minimum atomic E-state index is -0.628.